The molecule has 5 rings (SSSR count). The standard InChI is InChI=1S/C22H26ClN5O3/c1-31-20-7-15-10-28(3-2-14(15)6-19(20)23)22(30)18-9-24-13-25-21(18)27-5-4-26-12-17(29)8-16(26)11-27/h6-7,9,13,16-17,29H,2-5,8,10-12H2,1H3/t16-,17+/m0/s1. The average Bonchev–Trinajstić information content (AvgIpc) is 3.17. The molecule has 4 heterocycles. The fourth-order valence-corrected chi connectivity index (χ4v) is 5.25. The molecule has 0 aliphatic carbocycles. The Labute approximate surface area is 186 Å². The molecular weight excluding hydrogens is 418 g/mol. The first-order chi connectivity index (χ1) is 15.0. The van der Waals surface area contributed by atoms with E-state index in [4.69, 9.17) is 16.3 Å². The van der Waals surface area contributed by atoms with Crippen molar-refractivity contribution in [3.63, 3.8) is 0 Å². The highest BCUT2D eigenvalue weighted by atomic mass is 35.5. The summed E-state index contributed by atoms with van der Waals surface area (Å²) in [7, 11) is 1.59. The molecule has 2 aromatic rings. The second-order valence-corrected chi connectivity index (χ2v) is 8.88. The zero-order valence-corrected chi connectivity index (χ0v) is 18.3. The van der Waals surface area contributed by atoms with Gasteiger partial charge >= 0.3 is 0 Å². The Morgan fingerprint density at radius 1 is 1.23 bits per heavy atom. The third-order valence-corrected chi connectivity index (χ3v) is 6.88. The predicted octanol–water partition coefficient (Wildman–Crippen LogP) is 1.59. The van der Waals surface area contributed by atoms with Crippen molar-refractivity contribution >= 4 is 23.3 Å². The van der Waals surface area contributed by atoms with Crippen molar-refractivity contribution in [1.29, 1.82) is 0 Å². The first-order valence-electron chi connectivity index (χ1n) is 10.6. The number of fused-ring (bicyclic) bond motifs is 2. The van der Waals surface area contributed by atoms with Crippen molar-refractivity contribution in [2.24, 2.45) is 0 Å². The lowest BCUT2D eigenvalue weighted by atomic mass is 9.98. The normalized spacial score (nSPS) is 23.5. The topological polar surface area (TPSA) is 82.0 Å². The molecule has 0 bridgehead atoms. The van der Waals surface area contributed by atoms with Gasteiger partial charge in [0.1, 0.15) is 23.5 Å². The van der Waals surface area contributed by atoms with E-state index in [-0.39, 0.29) is 12.0 Å². The van der Waals surface area contributed by atoms with E-state index in [1.54, 1.807) is 13.3 Å². The molecule has 0 spiro atoms. The number of aliphatic hydroxyl groups is 1. The maximum Gasteiger partial charge on any atom is 0.259 e. The summed E-state index contributed by atoms with van der Waals surface area (Å²) in [6, 6.07) is 4.15. The number of benzene rings is 1. The summed E-state index contributed by atoms with van der Waals surface area (Å²) in [6.45, 7) is 4.24. The molecule has 3 aliphatic rings. The molecule has 1 amide bonds. The molecule has 1 aromatic carbocycles. The van der Waals surface area contributed by atoms with E-state index in [1.807, 2.05) is 17.0 Å². The van der Waals surface area contributed by atoms with E-state index in [2.05, 4.69) is 19.8 Å². The van der Waals surface area contributed by atoms with Gasteiger partial charge in [-0.2, -0.15) is 0 Å². The monoisotopic (exact) mass is 443 g/mol. The van der Waals surface area contributed by atoms with Crippen molar-refractivity contribution < 1.29 is 14.6 Å². The van der Waals surface area contributed by atoms with Crippen LogP contribution in [0.3, 0.4) is 0 Å². The molecule has 164 valence electrons. The van der Waals surface area contributed by atoms with E-state index in [0.29, 0.717) is 41.3 Å². The van der Waals surface area contributed by atoms with Crippen molar-refractivity contribution in [3.05, 3.63) is 46.4 Å². The summed E-state index contributed by atoms with van der Waals surface area (Å²) < 4.78 is 5.35. The number of carbonyl (C=O) groups is 1. The zero-order valence-electron chi connectivity index (χ0n) is 17.5. The summed E-state index contributed by atoms with van der Waals surface area (Å²) >= 11 is 6.26. The van der Waals surface area contributed by atoms with Gasteiger partial charge in [-0.25, -0.2) is 9.97 Å². The van der Waals surface area contributed by atoms with E-state index in [0.717, 1.165) is 50.1 Å². The molecule has 1 N–H and O–H groups in total. The molecule has 0 radical (unpaired) electrons. The number of rotatable bonds is 3. The first-order valence-corrected chi connectivity index (χ1v) is 11.0. The summed E-state index contributed by atoms with van der Waals surface area (Å²) in [5.74, 6) is 1.24. The number of hydrogen-bond acceptors (Lipinski definition) is 7. The number of piperazine rings is 1. The number of aliphatic hydroxyl groups excluding tert-OH is 1. The predicted molar refractivity (Wildman–Crippen MR) is 117 cm³/mol. The maximum absolute atomic E-state index is 13.5. The fourth-order valence-electron chi connectivity index (χ4n) is 4.99. The molecule has 3 aliphatic heterocycles. The Hall–Kier alpha value is -2.42. The third kappa shape index (κ3) is 3.84. The lowest BCUT2D eigenvalue weighted by molar-refractivity contribution is 0.0734. The minimum atomic E-state index is -0.268. The Balaban J connectivity index is 1.37. The lowest BCUT2D eigenvalue weighted by Crippen LogP contribution is -2.51. The minimum absolute atomic E-state index is 0.0657. The number of amides is 1. The van der Waals surface area contributed by atoms with Crippen LogP contribution in [0.15, 0.2) is 24.7 Å². The Morgan fingerprint density at radius 3 is 2.94 bits per heavy atom. The number of methoxy groups -OCH3 is 1. The number of ether oxygens (including phenoxy) is 1. The smallest absolute Gasteiger partial charge is 0.259 e. The van der Waals surface area contributed by atoms with Crippen LogP contribution in [0, 0.1) is 0 Å². The van der Waals surface area contributed by atoms with Gasteiger partial charge in [0, 0.05) is 51.5 Å². The molecule has 2 saturated heterocycles. The Kier molecular flexibility index (Phi) is 5.45. The molecular formula is C22H26ClN5O3. The summed E-state index contributed by atoms with van der Waals surface area (Å²) in [5.41, 5.74) is 2.72. The van der Waals surface area contributed by atoms with Gasteiger partial charge in [-0.15, -0.1) is 0 Å². The number of aromatic nitrogens is 2. The van der Waals surface area contributed by atoms with E-state index >= 15 is 0 Å². The maximum atomic E-state index is 13.5. The summed E-state index contributed by atoms with van der Waals surface area (Å²) in [5, 5.41) is 10.6. The molecule has 8 nitrogen and oxygen atoms in total. The average molecular weight is 444 g/mol. The van der Waals surface area contributed by atoms with Crippen LogP contribution in [0.2, 0.25) is 5.02 Å². The second-order valence-electron chi connectivity index (χ2n) is 8.48. The van der Waals surface area contributed by atoms with Crippen LogP contribution in [-0.4, -0.2) is 82.8 Å². The zero-order chi connectivity index (χ0) is 21.5. The van der Waals surface area contributed by atoms with Crippen molar-refractivity contribution in [3.8, 4) is 5.75 Å². The van der Waals surface area contributed by atoms with E-state index in [9.17, 15) is 9.90 Å². The van der Waals surface area contributed by atoms with Gasteiger partial charge in [0.05, 0.1) is 18.2 Å². The van der Waals surface area contributed by atoms with Gasteiger partial charge in [-0.3, -0.25) is 9.69 Å². The quantitative estimate of drug-likeness (QED) is 0.771. The highest BCUT2D eigenvalue weighted by Crippen LogP contribution is 2.32. The van der Waals surface area contributed by atoms with Crippen LogP contribution in [0.5, 0.6) is 5.75 Å². The molecule has 31 heavy (non-hydrogen) atoms. The highest BCUT2D eigenvalue weighted by molar-refractivity contribution is 6.32. The largest absolute Gasteiger partial charge is 0.495 e. The number of hydrogen-bond donors (Lipinski definition) is 1. The molecule has 9 heteroatoms. The van der Waals surface area contributed by atoms with Gasteiger partial charge in [0.25, 0.3) is 5.91 Å². The molecule has 1 aromatic heterocycles. The van der Waals surface area contributed by atoms with E-state index < -0.39 is 0 Å². The van der Waals surface area contributed by atoms with Gasteiger partial charge in [-0.1, -0.05) is 11.6 Å². The lowest BCUT2D eigenvalue weighted by Gasteiger charge is -2.38. The number of nitrogens with zero attached hydrogens (tertiary/aromatic N) is 5. The van der Waals surface area contributed by atoms with Crippen LogP contribution in [0.1, 0.15) is 27.9 Å². The van der Waals surface area contributed by atoms with Crippen LogP contribution in [0.4, 0.5) is 5.82 Å². The van der Waals surface area contributed by atoms with Gasteiger partial charge in [0.2, 0.25) is 0 Å². The van der Waals surface area contributed by atoms with E-state index in [1.165, 1.54) is 6.33 Å². The molecule has 0 unspecified atom stereocenters. The number of halogens is 1. The van der Waals surface area contributed by atoms with Crippen molar-refractivity contribution in [2.75, 3.05) is 44.7 Å². The van der Waals surface area contributed by atoms with Crippen LogP contribution in [-0.2, 0) is 13.0 Å². The second kappa shape index (κ2) is 8.26. The fraction of sp³-hybridized carbons (Fsp3) is 0.500. The summed E-state index contributed by atoms with van der Waals surface area (Å²) in [6.07, 6.45) is 4.36. The summed E-state index contributed by atoms with van der Waals surface area (Å²) in [4.78, 5) is 28.4. The Morgan fingerprint density at radius 2 is 2.10 bits per heavy atom. The van der Waals surface area contributed by atoms with Gasteiger partial charge in [-0.05, 0) is 36.1 Å². The number of carbonyl (C=O) groups excluding carboxylic acids is 1. The molecule has 2 fully saturated rings. The number of anilines is 1. The minimum Gasteiger partial charge on any atom is -0.495 e. The third-order valence-electron chi connectivity index (χ3n) is 6.59. The van der Waals surface area contributed by atoms with Crippen LogP contribution in [0.25, 0.3) is 0 Å². The van der Waals surface area contributed by atoms with Crippen LogP contribution < -0.4 is 9.64 Å². The van der Waals surface area contributed by atoms with Crippen molar-refractivity contribution in [2.45, 2.75) is 31.5 Å². The van der Waals surface area contributed by atoms with Crippen LogP contribution >= 0.6 is 11.6 Å². The van der Waals surface area contributed by atoms with Crippen molar-refractivity contribution in [1.82, 2.24) is 19.8 Å². The van der Waals surface area contributed by atoms with Gasteiger partial charge in [0.15, 0.2) is 0 Å². The molecule has 2 atom stereocenters. The SMILES string of the molecule is COc1cc2c(cc1Cl)CCN(C(=O)c1cncnc1N1CCN3C[C@H](O)C[C@H]3C1)C2. The Bertz CT molecular complexity index is 1000. The van der Waals surface area contributed by atoms with Gasteiger partial charge < -0.3 is 19.6 Å². The molecule has 0 saturated carbocycles. The first kappa shape index (κ1) is 20.5. The highest BCUT2D eigenvalue weighted by Gasteiger charge is 2.37.